The van der Waals surface area contributed by atoms with Crippen LogP contribution in [0, 0.1) is 5.92 Å². The maximum atomic E-state index is 12.8. The predicted molar refractivity (Wildman–Crippen MR) is 127 cm³/mol. The second-order valence-corrected chi connectivity index (χ2v) is 9.97. The third-order valence-corrected chi connectivity index (χ3v) is 6.75. The SMILES string of the molecule is CC(C)CCNC(O)c1ccc(N2CCC3(CC2)CC(=O)c2cc(Cl)cc(Cl)c2O3)nc1. The van der Waals surface area contributed by atoms with Crippen LogP contribution in [0.15, 0.2) is 30.5 Å². The number of hydrogen-bond acceptors (Lipinski definition) is 6. The summed E-state index contributed by atoms with van der Waals surface area (Å²) in [4.78, 5) is 19.5. The average molecular weight is 478 g/mol. The number of nitrogens with one attached hydrogen (secondary N) is 1. The summed E-state index contributed by atoms with van der Waals surface area (Å²) < 4.78 is 6.31. The predicted octanol–water partition coefficient (Wildman–Crippen LogP) is 5.02. The Kier molecular flexibility index (Phi) is 6.96. The number of piperidine rings is 1. The molecule has 8 heteroatoms. The van der Waals surface area contributed by atoms with Crippen molar-refractivity contribution >= 4 is 34.8 Å². The highest BCUT2D eigenvalue weighted by Crippen LogP contribution is 2.44. The number of carbonyl (C=O) groups is 1. The molecule has 2 aliphatic rings. The Morgan fingerprint density at radius 2 is 2.00 bits per heavy atom. The molecule has 32 heavy (non-hydrogen) atoms. The Balaban J connectivity index is 1.38. The fourth-order valence-corrected chi connectivity index (χ4v) is 4.84. The van der Waals surface area contributed by atoms with Crippen molar-refractivity contribution < 1.29 is 14.6 Å². The topological polar surface area (TPSA) is 74.7 Å². The lowest BCUT2D eigenvalue weighted by atomic mass is 9.82. The molecule has 0 radical (unpaired) electrons. The van der Waals surface area contributed by atoms with Gasteiger partial charge in [0.05, 0.1) is 17.0 Å². The van der Waals surface area contributed by atoms with Crippen molar-refractivity contribution in [3.8, 4) is 5.75 Å². The third-order valence-electron chi connectivity index (χ3n) is 6.25. The maximum Gasteiger partial charge on any atom is 0.170 e. The molecule has 1 spiro atoms. The van der Waals surface area contributed by atoms with Gasteiger partial charge in [0.25, 0.3) is 0 Å². The minimum Gasteiger partial charge on any atom is -0.484 e. The van der Waals surface area contributed by atoms with Gasteiger partial charge in [-0.05, 0) is 43.1 Å². The zero-order valence-electron chi connectivity index (χ0n) is 18.4. The lowest BCUT2D eigenvalue weighted by Crippen LogP contribution is -2.51. The summed E-state index contributed by atoms with van der Waals surface area (Å²) in [7, 11) is 0. The number of hydrogen-bond donors (Lipinski definition) is 2. The number of fused-ring (bicyclic) bond motifs is 1. The summed E-state index contributed by atoms with van der Waals surface area (Å²) in [5, 5.41) is 14.2. The number of benzene rings is 1. The molecular weight excluding hydrogens is 449 g/mol. The number of halogens is 2. The van der Waals surface area contributed by atoms with Gasteiger partial charge in [-0.2, -0.15) is 0 Å². The van der Waals surface area contributed by atoms with Gasteiger partial charge < -0.3 is 14.7 Å². The number of ether oxygens (including phenoxy) is 1. The van der Waals surface area contributed by atoms with Crippen LogP contribution < -0.4 is 15.0 Å². The molecule has 1 saturated heterocycles. The van der Waals surface area contributed by atoms with E-state index in [4.69, 9.17) is 27.9 Å². The van der Waals surface area contributed by atoms with Crippen molar-refractivity contribution in [2.45, 2.75) is 51.4 Å². The number of rotatable bonds is 6. The molecule has 6 nitrogen and oxygen atoms in total. The Morgan fingerprint density at radius 1 is 1.25 bits per heavy atom. The largest absolute Gasteiger partial charge is 0.484 e. The molecule has 1 fully saturated rings. The monoisotopic (exact) mass is 477 g/mol. The Labute approximate surface area is 198 Å². The summed E-state index contributed by atoms with van der Waals surface area (Å²) in [6.45, 7) is 6.51. The van der Waals surface area contributed by atoms with Crippen molar-refractivity contribution in [1.82, 2.24) is 10.3 Å². The van der Waals surface area contributed by atoms with E-state index >= 15 is 0 Å². The fourth-order valence-electron chi connectivity index (χ4n) is 4.31. The van der Waals surface area contributed by atoms with E-state index in [-0.39, 0.29) is 5.78 Å². The molecule has 1 aromatic heterocycles. The van der Waals surface area contributed by atoms with E-state index in [2.05, 4.69) is 29.0 Å². The Morgan fingerprint density at radius 3 is 2.66 bits per heavy atom. The molecule has 4 rings (SSSR count). The number of aliphatic hydroxyl groups excluding tert-OH is 1. The van der Waals surface area contributed by atoms with E-state index in [1.807, 2.05) is 12.1 Å². The molecule has 0 bridgehead atoms. The van der Waals surface area contributed by atoms with Crippen LogP contribution in [0.1, 0.15) is 61.7 Å². The van der Waals surface area contributed by atoms with Crippen molar-refractivity contribution in [2.75, 3.05) is 24.5 Å². The van der Waals surface area contributed by atoms with E-state index in [9.17, 15) is 9.90 Å². The molecular formula is C24H29Cl2N3O3. The second kappa shape index (κ2) is 9.56. The van der Waals surface area contributed by atoms with Crippen molar-refractivity contribution in [3.05, 3.63) is 51.6 Å². The van der Waals surface area contributed by atoms with Crippen LogP contribution in [-0.2, 0) is 0 Å². The molecule has 3 heterocycles. The number of aromatic nitrogens is 1. The summed E-state index contributed by atoms with van der Waals surface area (Å²) >= 11 is 12.4. The zero-order chi connectivity index (χ0) is 22.9. The Hall–Kier alpha value is -1.86. The van der Waals surface area contributed by atoms with E-state index in [1.54, 1.807) is 18.3 Å². The maximum absolute atomic E-state index is 12.8. The van der Waals surface area contributed by atoms with Gasteiger partial charge in [0.1, 0.15) is 23.4 Å². The van der Waals surface area contributed by atoms with Crippen LogP contribution in [0.4, 0.5) is 5.82 Å². The molecule has 1 unspecified atom stereocenters. The third kappa shape index (κ3) is 5.04. The lowest BCUT2D eigenvalue weighted by Gasteiger charge is -2.44. The standard InChI is InChI=1S/C24H29Cl2N3O3/c1-15(2)5-8-27-23(31)16-3-4-21(28-14-16)29-9-6-24(7-10-29)13-20(30)18-11-17(25)12-19(26)22(18)32-24/h3-4,11-12,14-15,23,27,31H,5-10,13H2,1-2H3. The van der Waals surface area contributed by atoms with E-state index in [0.717, 1.165) is 37.4 Å². The van der Waals surface area contributed by atoms with Crippen LogP contribution in [0.3, 0.4) is 0 Å². The molecule has 0 amide bonds. The van der Waals surface area contributed by atoms with Gasteiger partial charge in [0, 0.05) is 42.7 Å². The quantitative estimate of drug-likeness (QED) is 0.568. The highest BCUT2D eigenvalue weighted by Gasteiger charge is 2.44. The van der Waals surface area contributed by atoms with Gasteiger partial charge in [-0.1, -0.05) is 37.0 Å². The van der Waals surface area contributed by atoms with Crippen molar-refractivity contribution in [2.24, 2.45) is 5.92 Å². The Bertz CT molecular complexity index is 973. The van der Waals surface area contributed by atoms with Gasteiger partial charge in [-0.15, -0.1) is 0 Å². The fraction of sp³-hybridized carbons (Fsp3) is 0.500. The van der Waals surface area contributed by atoms with Crippen LogP contribution in [-0.4, -0.2) is 41.1 Å². The molecule has 2 aliphatic heterocycles. The van der Waals surface area contributed by atoms with Crippen LogP contribution in [0.25, 0.3) is 0 Å². The number of ketones is 1. The highest BCUT2D eigenvalue weighted by atomic mass is 35.5. The van der Waals surface area contributed by atoms with Crippen molar-refractivity contribution in [1.29, 1.82) is 0 Å². The van der Waals surface area contributed by atoms with Crippen LogP contribution in [0.5, 0.6) is 5.75 Å². The average Bonchev–Trinajstić information content (AvgIpc) is 2.75. The van der Waals surface area contributed by atoms with Gasteiger partial charge in [-0.3, -0.25) is 10.1 Å². The molecule has 2 N–H and O–H groups in total. The summed E-state index contributed by atoms with van der Waals surface area (Å²) in [5.41, 5.74) is 0.666. The normalized spacial score (nSPS) is 18.6. The van der Waals surface area contributed by atoms with Gasteiger partial charge in [-0.25, -0.2) is 4.98 Å². The molecule has 172 valence electrons. The first-order chi connectivity index (χ1) is 15.3. The number of pyridine rings is 1. The number of carbonyl (C=O) groups excluding carboxylic acids is 1. The van der Waals surface area contributed by atoms with E-state index in [1.165, 1.54) is 0 Å². The van der Waals surface area contributed by atoms with Crippen LogP contribution >= 0.6 is 23.2 Å². The van der Waals surface area contributed by atoms with E-state index < -0.39 is 11.8 Å². The van der Waals surface area contributed by atoms with Gasteiger partial charge >= 0.3 is 0 Å². The zero-order valence-corrected chi connectivity index (χ0v) is 19.9. The summed E-state index contributed by atoms with van der Waals surface area (Å²) in [6, 6.07) is 7.08. The minimum atomic E-state index is -0.722. The molecule has 1 aromatic carbocycles. The minimum absolute atomic E-state index is 0.0190. The first-order valence-electron chi connectivity index (χ1n) is 11.1. The number of anilines is 1. The molecule has 0 saturated carbocycles. The second-order valence-electron chi connectivity index (χ2n) is 9.13. The van der Waals surface area contributed by atoms with Crippen LogP contribution in [0.2, 0.25) is 10.0 Å². The van der Waals surface area contributed by atoms with E-state index in [0.29, 0.717) is 46.5 Å². The number of aliphatic hydroxyl groups is 1. The molecule has 2 aromatic rings. The van der Waals surface area contributed by atoms with Gasteiger partial charge in [0.2, 0.25) is 0 Å². The first-order valence-corrected chi connectivity index (χ1v) is 11.9. The number of Topliss-reactive ketones (excluding diaryl/α,β-unsaturated/α-hetero) is 1. The van der Waals surface area contributed by atoms with Gasteiger partial charge in [0.15, 0.2) is 5.78 Å². The summed E-state index contributed by atoms with van der Waals surface area (Å²) in [6.07, 6.45) is 3.71. The molecule has 0 aliphatic carbocycles. The highest BCUT2D eigenvalue weighted by molar-refractivity contribution is 6.36. The van der Waals surface area contributed by atoms with Crippen molar-refractivity contribution in [3.63, 3.8) is 0 Å². The number of nitrogens with zero attached hydrogens (tertiary/aromatic N) is 2. The first kappa shape index (κ1) is 23.3. The lowest BCUT2D eigenvalue weighted by molar-refractivity contribution is 0.0232. The summed E-state index contributed by atoms with van der Waals surface area (Å²) in [5.74, 6) is 1.90. The molecule has 1 atom stereocenters. The smallest absolute Gasteiger partial charge is 0.170 e.